The standard InChI is InChI=1S/C29H34N2O2/c1-4-24(19-32)30-17-25(33)18-31-28-21(3)15-20(2)16-26(28)27(22-11-7-5-8-12-22)29(31)23-13-9-6-10-14-23/h5-16,24-25,30,32-33H,4,17-19H2,1-3H3/t24-,25?/m1/s1. The number of aryl methyl sites for hydroxylation is 2. The first-order chi connectivity index (χ1) is 16.0. The fourth-order valence-electron chi connectivity index (χ4n) is 4.77. The summed E-state index contributed by atoms with van der Waals surface area (Å²) in [5, 5.41) is 25.0. The monoisotopic (exact) mass is 442 g/mol. The Morgan fingerprint density at radius 2 is 1.55 bits per heavy atom. The molecule has 0 saturated heterocycles. The van der Waals surface area contributed by atoms with Crippen LogP contribution in [0.5, 0.6) is 0 Å². The van der Waals surface area contributed by atoms with Crippen molar-refractivity contribution in [1.29, 1.82) is 0 Å². The van der Waals surface area contributed by atoms with Gasteiger partial charge in [-0.2, -0.15) is 0 Å². The van der Waals surface area contributed by atoms with E-state index in [4.69, 9.17) is 0 Å². The number of nitrogens with one attached hydrogen (secondary N) is 1. The van der Waals surface area contributed by atoms with Gasteiger partial charge in [-0.15, -0.1) is 0 Å². The molecule has 4 rings (SSSR count). The first-order valence-corrected chi connectivity index (χ1v) is 11.8. The molecule has 3 N–H and O–H groups in total. The molecule has 0 spiro atoms. The number of aliphatic hydroxyl groups excluding tert-OH is 2. The molecular formula is C29H34N2O2. The van der Waals surface area contributed by atoms with E-state index < -0.39 is 6.10 Å². The molecule has 0 aliphatic heterocycles. The van der Waals surface area contributed by atoms with E-state index in [1.54, 1.807) is 0 Å². The topological polar surface area (TPSA) is 57.4 Å². The van der Waals surface area contributed by atoms with Crippen LogP contribution in [-0.4, -0.2) is 40.1 Å². The molecule has 0 fully saturated rings. The molecule has 172 valence electrons. The van der Waals surface area contributed by atoms with Crippen LogP contribution in [0.4, 0.5) is 0 Å². The van der Waals surface area contributed by atoms with E-state index >= 15 is 0 Å². The number of hydrogen-bond acceptors (Lipinski definition) is 3. The van der Waals surface area contributed by atoms with Crippen molar-refractivity contribution in [3.63, 3.8) is 0 Å². The number of fused-ring (bicyclic) bond motifs is 1. The summed E-state index contributed by atoms with van der Waals surface area (Å²) in [5.41, 5.74) is 8.21. The van der Waals surface area contributed by atoms with E-state index in [0.29, 0.717) is 13.1 Å². The number of hydrogen-bond donors (Lipinski definition) is 3. The molecule has 2 atom stereocenters. The van der Waals surface area contributed by atoms with Gasteiger partial charge in [-0.1, -0.05) is 79.2 Å². The minimum Gasteiger partial charge on any atom is -0.395 e. The fraction of sp³-hybridized carbons (Fsp3) is 0.310. The van der Waals surface area contributed by atoms with Crippen LogP contribution < -0.4 is 5.32 Å². The maximum Gasteiger partial charge on any atom is 0.0843 e. The first kappa shape index (κ1) is 23.2. The number of rotatable bonds is 9. The molecule has 0 amide bonds. The average molecular weight is 443 g/mol. The SMILES string of the molecule is CC[C@H](CO)NCC(O)Cn1c(-c2ccccc2)c(-c2ccccc2)c2cc(C)cc(C)c21. The summed E-state index contributed by atoms with van der Waals surface area (Å²) in [5.74, 6) is 0. The lowest BCUT2D eigenvalue weighted by Gasteiger charge is -2.20. The highest BCUT2D eigenvalue weighted by Gasteiger charge is 2.23. The second kappa shape index (κ2) is 10.3. The van der Waals surface area contributed by atoms with E-state index in [0.717, 1.165) is 23.2 Å². The Labute approximate surface area is 196 Å². The second-order valence-electron chi connectivity index (χ2n) is 8.89. The lowest BCUT2D eigenvalue weighted by Crippen LogP contribution is -2.39. The molecule has 0 aliphatic rings. The lowest BCUT2D eigenvalue weighted by atomic mass is 9.97. The third-order valence-corrected chi connectivity index (χ3v) is 6.35. The summed E-state index contributed by atoms with van der Waals surface area (Å²) in [6.45, 7) is 7.29. The molecule has 4 aromatic rings. The van der Waals surface area contributed by atoms with E-state index in [1.807, 2.05) is 19.1 Å². The molecule has 1 heterocycles. The largest absolute Gasteiger partial charge is 0.395 e. The van der Waals surface area contributed by atoms with Gasteiger partial charge in [0, 0.05) is 23.5 Å². The summed E-state index contributed by atoms with van der Waals surface area (Å²) >= 11 is 0. The van der Waals surface area contributed by atoms with Crippen LogP contribution in [0.15, 0.2) is 72.8 Å². The molecule has 1 aromatic heterocycles. The quantitative estimate of drug-likeness (QED) is 0.329. The van der Waals surface area contributed by atoms with Crippen molar-refractivity contribution in [1.82, 2.24) is 9.88 Å². The van der Waals surface area contributed by atoms with E-state index in [9.17, 15) is 10.2 Å². The predicted octanol–water partition coefficient (Wildman–Crippen LogP) is 5.31. The number of aromatic nitrogens is 1. The van der Waals surface area contributed by atoms with Gasteiger partial charge < -0.3 is 20.1 Å². The van der Waals surface area contributed by atoms with Gasteiger partial charge in [-0.25, -0.2) is 0 Å². The minimum atomic E-state index is -0.590. The smallest absolute Gasteiger partial charge is 0.0843 e. The summed E-state index contributed by atoms with van der Waals surface area (Å²) in [4.78, 5) is 0. The van der Waals surface area contributed by atoms with Crippen molar-refractivity contribution >= 4 is 10.9 Å². The van der Waals surface area contributed by atoms with Gasteiger partial charge in [-0.3, -0.25) is 0 Å². The summed E-state index contributed by atoms with van der Waals surface area (Å²) in [6, 6.07) is 25.4. The van der Waals surface area contributed by atoms with Crippen LogP contribution in [-0.2, 0) is 6.54 Å². The van der Waals surface area contributed by atoms with Crippen molar-refractivity contribution in [2.75, 3.05) is 13.2 Å². The van der Waals surface area contributed by atoms with Crippen molar-refractivity contribution in [2.24, 2.45) is 0 Å². The van der Waals surface area contributed by atoms with Gasteiger partial charge >= 0.3 is 0 Å². The van der Waals surface area contributed by atoms with E-state index in [2.05, 4.69) is 84.4 Å². The van der Waals surface area contributed by atoms with E-state index in [1.165, 1.54) is 27.6 Å². The summed E-state index contributed by atoms with van der Waals surface area (Å²) in [7, 11) is 0. The van der Waals surface area contributed by atoms with Crippen molar-refractivity contribution in [3.05, 3.63) is 83.9 Å². The van der Waals surface area contributed by atoms with Crippen molar-refractivity contribution < 1.29 is 10.2 Å². The molecule has 33 heavy (non-hydrogen) atoms. The maximum atomic E-state index is 11.0. The summed E-state index contributed by atoms with van der Waals surface area (Å²) in [6.07, 6.45) is 0.231. The summed E-state index contributed by atoms with van der Waals surface area (Å²) < 4.78 is 2.29. The van der Waals surface area contributed by atoms with Crippen LogP contribution in [0, 0.1) is 13.8 Å². The normalized spacial score (nSPS) is 13.4. The van der Waals surface area contributed by atoms with Gasteiger partial charge in [0.05, 0.1) is 30.5 Å². The Morgan fingerprint density at radius 1 is 0.909 bits per heavy atom. The predicted molar refractivity (Wildman–Crippen MR) is 137 cm³/mol. The van der Waals surface area contributed by atoms with Crippen LogP contribution in [0.2, 0.25) is 0 Å². The van der Waals surface area contributed by atoms with E-state index in [-0.39, 0.29) is 12.6 Å². The van der Waals surface area contributed by atoms with Crippen molar-refractivity contribution in [2.45, 2.75) is 45.9 Å². The zero-order valence-corrected chi connectivity index (χ0v) is 19.8. The number of benzene rings is 3. The minimum absolute atomic E-state index is 0.00100. The van der Waals surface area contributed by atoms with Gasteiger partial charge in [-0.05, 0) is 43.0 Å². The Balaban J connectivity index is 1.91. The molecule has 0 aliphatic carbocycles. The number of nitrogens with zero attached hydrogens (tertiary/aromatic N) is 1. The Kier molecular flexibility index (Phi) is 7.29. The van der Waals surface area contributed by atoms with Crippen molar-refractivity contribution in [3.8, 4) is 22.4 Å². The maximum absolute atomic E-state index is 11.0. The molecule has 0 bridgehead atoms. The van der Waals surface area contributed by atoms with Gasteiger partial charge in [0.2, 0.25) is 0 Å². The molecule has 3 aromatic carbocycles. The molecule has 0 radical (unpaired) electrons. The molecule has 0 saturated carbocycles. The first-order valence-electron chi connectivity index (χ1n) is 11.8. The molecule has 4 heteroatoms. The molecule has 4 nitrogen and oxygen atoms in total. The Hall–Kier alpha value is -2.92. The Morgan fingerprint density at radius 3 is 2.15 bits per heavy atom. The van der Waals surface area contributed by atoms with Crippen LogP contribution in [0.3, 0.4) is 0 Å². The average Bonchev–Trinajstić information content (AvgIpc) is 3.14. The zero-order valence-electron chi connectivity index (χ0n) is 19.8. The highest BCUT2D eigenvalue weighted by Crippen LogP contribution is 2.42. The highest BCUT2D eigenvalue weighted by atomic mass is 16.3. The molecular weight excluding hydrogens is 408 g/mol. The van der Waals surface area contributed by atoms with Gasteiger partial charge in [0.15, 0.2) is 0 Å². The fourth-order valence-corrected chi connectivity index (χ4v) is 4.77. The van der Waals surface area contributed by atoms with Gasteiger partial charge in [0.25, 0.3) is 0 Å². The Bertz CT molecular complexity index is 1200. The van der Waals surface area contributed by atoms with Crippen LogP contribution in [0.1, 0.15) is 24.5 Å². The molecule has 1 unspecified atom stereocenters. The number of aliphatic hydroxyl groups is 2. The lowest BCUT2D eigenvalue weighted by molar-refractivity contribution is 0.140. The zero-order chi connectivity index (χ0) is 23.4. The van der Waals surface area contributed by atoms with Gasteiger partial charge in [0.1, 0.15) is 0 Å². The highest BCUT2D eigenvalue weighted by molar-refractivity contribution is 6.06. The van der Waals surface area contributed by atoms with Crippen LogP contribution >= 0.6 is 0 Å². The third-order valence-electron chi connectivity index (χ3n) is 6.35. The third kappa shape index (κ3) is 4.88. The second-order valence-corrected chi connectivity index (χ2v) is 8.89. The van der Waals surface area contributed by atoms with Crippen LogP contribution in [0.25, 0.3) is 33.3 Å².